The standard InChI is InChI=1S/C20H20BrN7O2/c1-3-27-19(30)14-6-4-5-7-15(14)28-17(24-25-20(27)28)11-26(2)12-18(29)23-16-9-8-13(21)10-22-16/h4-10H,3,11-12H2,1-2H3,(H,22,23,29). The van der Waals surface area contributed by atoms with Gasteiger partial charge < -0.3 is 5.32 Å². The SMILES string of the molecule is CCn1c(=O)c2ccccc2n2c(CN(C)CC(=O)Nc3ccc(Br)cn3)nnc12. The number of likely N-dealkylation sites (N-methyl/N-ethyl adjacent to an activating group) is 1. The molecule has 4 rings (SSSR count). The second-order valence-corrected chi connectivity index (χ2v) is 7.82. The predicted octanol–water partition coefficient (Wildman–Crippen LogP) is 2.29. The van der Waals surface area contributed by atoms with Gasteiger partial charge in [0.1, 0.15) is 5.82 Å². The molecule has 9 nitrogen and oxygen atoms in total. The van der Waals surface area contributed by atoms with Crippen LogP contribution in [0.2, 0.25) is 0 Å². The molecule has 1 N–H and O–H groups in total. The molecule has 30 heavy (non-hydrogen) atoms. The van der Waals surface area contributed by atoms with E-state index in [4.69, 9.17) is 0 Å². The van der Waals surface area contributed by atoms with Gasteiger partial charge in [-0.05, 0) is 54.2 Å². The number of hydrogen-bond donors (Lipinski definition) is 1. The van der Waals surface area contributed by atoms with Gasteiger partial charge in [0.2, 0.25) is 11.7 Å². The van der Waals surface area contributed by atoms with E-state index in [2.05, 4.69) is 36.4 Å². The zero-order valence-corrected chi connectivity index (χ0v) is 18.1. The Bertz CT molecular complexity index is 1280. The van der Waals surface area contributed by atoms with Crippen LogP contribution >= 0.6 is 15.9 Å². The zero-order valence-electron chi connectivity index (χ0n) is 16.5. The van der Waals surface area contributed by atoms with Crippen molar-refractivity contribution in [2.24, 2.45) is 0 Å². The van der Waals surface area contributed by atoms with Gasteiger partial charge in [0, 0.05) is 17.2 Å². The van der Waals surface area contributed by atoms with Crippen molar-refractivity contribution in [3.05, 3.63) is 63.2 Å². The summed E-state index contributed by atoms with van der Waals surface area (Å²) in [5.74, 6) is 1.45. The summed E-state index contributed by atoms with van der Waals surface area (Å²) in [7, 11) is 1.83. The molecule has 0 saturated heterocycles. The van der Waals surface area contributed by atoms with Crippen molar-refractivity contribution in [2.45, 2.75) is 20.0 Å². The molecule has 0 unspecified atom stereocenters. The molecular formula is C20H20BrN7O2. The highest BCUT2D eigenvalue weighted by atomic mass is 79.9. The summed E-state index contributed by atoms with van der Waals surface area (Å²) in [6.45, 7) is 2.92. The average Bonchev–Trinajstić information content (AvgIpc) is 3.13. The Morgan fingerprint density at radius 1 is 1.20 bits per heavy atom. The molecule has 0 bridgehead atoms. The molecule has 3 heterocycles. The molecule has 0 aliphatic heterocycles. The Morgan fingerprint density at radius 2 is 2.00 bits per heavy atom. The first-order chi connectivity index (χ1) is 14.5. The highest BCUT2D eigenvalue weighted by molar-refractivity contribution is 9.10. The number of fused-ring (bicyclic) bond motifs is 3. The van der Waals surface area contributed by atoms with Gasteiger partial charge in [0.05, 0.1) is 24.0 Å². The summed E-state index contributed by atoms with van der Waals surface area (Å²) < 4.78 is 4.32. The molecule has 154 valence electrons. The molecule has 0 aliphatic carbocycles. The molecule has 1 amide bonds. The lowest BCUT2D eigenvalue weighted by molar-refractivity contribution is -0.117. The van der Waals surface area contributed by atoms with Crippen LogP contribution in [-0.2, 0) is 17.9 Å². The van der Waals surface area contributed by atoms with Crippen molar-refractivity contribution in [3.63, 3.8) is 0 Å². The molecule has 0 atom stereocenters. The van der Waals surface area contributed by atoms with E-state index in [9.17, 15) is 9.59 Å². The summed E-state index contributed by atoms with van der Waals surface area (Å²) >= 11 is 3.32. The maximum absolute atomic E-state index is 12.8. The van der Waals surface area contributed by atoms with Crippen LogP contribution in [0, 0.1) is 0 Å². The number of halogens is 1. The second kappa shape index (κ2) is 8.33. The van der Waals surface area contributed by atoms with E-state index in [1.807, 2.05) is 47.5 Å². The van der Waals surface area contributed by atoms with Crippen molar-refractivity contribution in [3.8, 4) is 0 Å². The number of aryl methyl sites for hydroxylation is 1. The van der Waals surface area contributed by atoms with Crippen molar-refractivity contribution >= 4 is 44.3 Å². The number of hydrogen-bond acceptors (Lipinski definition) is 6. The Morgan fingerprint density at radius 3 is 2.73 bits per heavy atom. The molecule has 4 aromatic rings. The quantitative estimate of drug-likeness (QED) is 0.465. The smallest absolute Gasteiger partial charge is 0.262 e. The van der Waals surface area contributed by atoms with Crippen molar-refractivity contribution in [1.82, 2.24) is 29.0 Å². The van der Waals surface area contributed by atoms with Crippen molar-refractivity contribution < 1.29 is 4.79 Å². The number of aromatic nitrogens is 5. The van der Waals surface area contributed by atoms with E-state index in [0.717, 1.165) is 9.99 Å². The van der Waals surface area contributed by atoms with E-state index < -0.39 is 0 Å². The summed E-state index contributed by atoms with van der Waals surface area (Å²) in [6.07, 6.45) is 1.63. The number of rotatable bonds is 6. The lowest BCUT2D eigenvalue weighted by atomic mass is 10.2. The number of carbonyl (C=O) groups is 1. The molecule has 1 aromatic carbocycles. The lowest BCUT2D eigenvalue weighted by Gasteiger charge is -2.16. The van der Waals surface area contributed by atoms with Crippen LogP contribution in [0.5, 0.6) is 0 Å². The summed E-state index contributed by atoms with van der Waals surface area (Å²) in [5.41, 5.74) is 0.661. The highest BCUT2D eigenvalue weighted by Crippen LogP contribution is 2.15. The van der Waals surface area contributed by atoms with Crippen molar-refractivity contribution in [1.29, 1.82) is 0 Å². The van der Waals surface area contributed by atoms with E-state index >= 15 is 0 Å². The number of benzene rings is 1. The Hall–Kier alpha value is -3.11. The van der Waals surface area contributed by atoms with Crippen LogP contribution in [0.15, 0.2) is 51.9 Å². The highest BCUT2D eigenvalue weighted by Gasteiger charge is 2.17. The van der Waals surface area contributed by atoms with Gasteiger partial charge in [-0.3, -0.25) is 23.5 Å². The number of para-hydroxylation sites is 1. The zero-order chi connectivity index (χ0) is 21.3. The summed E-state index contributed by atoms with van der Waals surface area (Å²) in [5, 5.41) is 11.9. The molecule has 0 spiro atoms. The Labute approximate surface area is 180 Å². The molecule has 0 saturated carbocycles. The van der Waals surface area contributed by atoms with Gasteiger partial charge in [0.25, 0.3) is 5.56 Å². The molecule has 0 fully saturated rings. The van der Waals surface area contributed by atoms with E-state index in [1.54, 1.807) is 22.9 Å². The number of carbonyl (C=O) groups excluding carboxylic acids is 1. The van der Waals surface area contributed by atoms with Gasteiger partial charge in [-0.2, -0.15) is 0 Å². The number of nitrogens with one attached hydrogen (secondary N) is 1. The fourth-order valence-corrected chi connectivity index (χ4v) is 3.61. The monoisotopic (exact) mass is 469 g/mol. The Balaban J connectivity index is 1.59. The van der Waals surface area contributed by atoms with Crippen LogP contribution in [0.3, 0.4) is 0 Å². The number of anilines is 1. The van der Waals surface area contributed by atoms with Crippen LogP contribution in [0.25, 0.3) is 16.7 Å². The van der Waals surface area contributed by atoms with Crippen LogP contribution in [0.1, 0.15) is 12.7 Å². The van der Waals surface area contributed by atoms with E-state index in [-0.39, 0.29) is 18.0 Å². The van der Waals surface area contributed by atoms with Crippen molar-refractivity contribution in [2.75, 3.05) is 18.9 Å². The first kappa shape index (κ1) is 20.2. The first-order valence-corrected chi connectivity index (χ1v) is 10.2. The summed E-state index contributed by atoms with van der Waals surface area (Å²) in [6, 6.07) is 10.9. The van der Waals surface area contributed by atoms with Gasteiger partial charge in [0.15, 0.2) is 5.82 Å². The first-order valence-electron chi connectivity index (χ1n) is 9.43. The van der Waals surface area contributed by atoms with Crippen LogP contribution in [0.4, 0.5) is 5.82 Å². The maximum Gasteiger partial charge on any atom is 0.262 e. The fourth-order valence-electron chi connectivity index (χ4n) is 3.38. The van der Waals surface area contributed by atoms with Gasteiger partial charge in [-0.1, -0.05) is 12.1 Å². The third-order valence-corrected chi connectivity index (χ3v) is 5.18. The molecule has 0 aliphatic rings. The van der Waals surface area contributed by atoms with E-state index in [1.165, 1.54) is 0 Å². The number of amides is 1. The van der Waals surface area contributed by atoms with Gasteiger partial charge in [-0.15, -0.1) is 10.2 Å². The van der Waals surface area contributed by atoms with E-state index in [0.29, 0.717) is 35.9 Å². The topological polar surface area (TPSA) is 97.4 Å². The minimum absolute atomic E-state index is 0.0886. The average molecular weight is 470 g/mol. The third kappa shape index (κ3) is 3.83. The van der Waals surface area contributed by atoms with Crippen LogP contribution < -0.4 is 10.9 Å². The minimum Gasteiger partial charge on any atom is -0.310 e. The molecule has 10 heteroatoms. The number of nitrogens with zero attached hydrogens (tertiary/aromatic N) is 6. The van der Waals surface area contributed by atoms with Gasteiger partial charge >= 0.3 is 0 Å². The molecule has 0 radical (unpaired) electrons. The summed E-state index contributed by atoms with van der Waals surface area (Å²) in [4.78, 5) is 31.1. The minimum atomic E-state index is -0.184. The predicted molar refractivity (Wildman–Crippen MR) is 117 cm³/mol. The molecular weight excluding hydrogens is 450 g/mol. The fraction of sp³-hybridized carbons (Fsp3) is 0.250. The lowest BCUT2D eigenvalue weighted by Crippen LogP contribution is -2.31. The third-order valence-electron chi connectivity index (χ3n) is 4.71. The maximum atomic E-state index is 12.8. The Kier molecular flexibility index (Phi) is 5.60. The van der Waals surface area contributed by atoms with Gasteiger partial charge in [-0.25, -0.2) is 4.98 Å². The normalized spacial score (nSPS) is 11.5. The van der Waals surface area contributed by atoms with Crippen LogP contribution in [-0.4, -0.2) is 48.5 Å². The second-order valence-electron chi connectivity index (χ2n) is 6.90. The number of pyridine rings is 1. The largest absolute Gasteiger partial charge is 0.310 e. The molecule has 3 aromatic heterocycles.